The van der Waals surface area contributed by atoms with Crippen LogP contribution in [-0.2, 0) is 11.2 Å². The van der Waals surface area contributed by atoms with E-state index in [-0.39, 0.29) is 12.1 Å². The molecule has 0 saturated heterocycles. The van der Waals surface area contributed by atoms with Crippen LogP contribution in [0.15, 0.2) is 18.2 Å². The molecule has 2 rings (SSSR count). The Hall–Kier alpha value is -1.55. The number of ether oxygens (including phenoxy) is 2. The third-order valence-corrected chi connectivity index (χ3v) is 2.86. The molecule has 1 aliphatic heterocycles. The number of esters is 1. The first-order valence-corrected chi connectivity index (χ1v) is 5.91. The van der Waals surface area contributed by atoms with Crippen molar-refractivity contribution in [1.29, 1.82) is 0 Å². The summed E-state index contributed by atoms with van der Waals surface area (Å²) in [6.07, 6.45) is 1.89. The minimum absolute atomic E-state index is 0.0935. The van der Waals surface area contributed by atoms with E-state index in [0.29, 0.717) is 18.7 Å². The van der Waals surface area contributed by atoms with Crippen LogP contribution in [0.3, 0.4) is 0 Å². The van der Waals surface area contributed by atoms with E-state index < -0.39 is 0 Å². The van der Waals surface area contributed by atoms with Crippen LogP contribution in [0.4, 0.5) is 0 Å². The lowest BCUT2D eigenvalue weighted by atomic mass is 10.00. The Balaban J connectivity index is 2.18. The summed E-state index contributed by atoms with van der Waals surface area (Å²) in [5.41, 5.74) is 7.22. The minimum atomic E-state index is -0.281. The fraction of sp³-hybridized carbons (Fsp3) is 0.462. The van der Waals surface area contributed by atoms with Gasteiger partial charge in [0, 0.05) is 6.54 Å². The molecule has 0 saturated carbocycles. The lowest BCUT2D eigenvalue weighted by Gasteiger charge is -2.25. The molecule has 92 valence electrons. The Morgan fingerprint density at radius 2 is 2.41 bits per heavy atom. The first-order chi connectivity index (χ1) is 8.24. The molecule has 0 aromatic heterocycles. The van der Waals surface area contributed by atoms with Gasteiger partial charge in [-0.25, -0.2) is 4.79 Å². The van der Waals surface area contributed by atoms with E-state index in [1.807, 2.05) is 12.1 Å². The number of carbonyl (C=O) groups excluding carboxylic acids is 1. The van der Waals surface area contributed by atoms with Crippen molar-refractivity contribution in [1.82, 2.24) is 0 Å². The van der Waals surface area contributed by atoms with Gasteiger partial charge in [0.1, 0.15) is 11.9 Å². The summed E-state index contributed by atoms with van der Waals surface area (Å²) in [5.74, 6) is 0.552. The molecule has 0 spiro atoms. The van der Waals surface area contributed by atoms with Crippen LogP contribution in [0, 0.1) is 0 Å². The maximum atomic E-state index is 11.6. The number of rotatable bonds is 3. The summed E-state index contributed by atoms with van der Waals surface area (Å²) in [7, 11) is 0. The van der Waals surface area contributed by atoms with Crippen LogP contribution >= 0.6 is 0 Å². The number of aryl methyl sites for hydroxylation is 1. The van der Waals surface area contributed by atoms with Gasteiger partial charge in [-0.2, -0.15) is 0 Å². The van der Waals surface area contributed by atoms with Gasteiger partial charge in [-0.05, 0) is 43.5 Å². The maximum Gasteiger partial charge on any atom is 0.338 e. The Labute approximate surface area is 101 Å². The lowest BCUT2D eigenvalue weighted by Crippen LogP contribution is -2.30. The van der Waals surface area contributed by atoms with Crippen molar-refractivity contribution in [3.63, 3.8) is 0 Å². The zero-order chi connectivity index (χ0) is 12.3. The maximum absolute atomic E-state index is 11.6. The Kier molecular flexibility index (Phi) is 3.64. The fourth-order valence-electron chi connectivity index (χ4n) is 1.95. The van der Waals surface area contributed by atoms with Crippen molar-refractivity contribution in [2.45, 2.75) is 25.9 Å². The number of carbonyl (C=O) groups is 1. The predicted molar refractivity (Wildman–Crippen MR) is 64.2 cm³/mol. The SMILES string of the molecule is CCOC(=O)c1ccc2c(c1)CCC(CN)O2. The number of nitrogens with two attached hydrogens (primary N) is 1. The van der Waals surface area contributed by atoms with Crippen LogP contribution in [0.5, 0.6) is 5.75 Å². The molecule has 1 aromatic rings. The molecule has 2 N–H and O–H groups in total. The van der Waals surface area contributed by atoms with Gasteiger partial charge in [0.15, 0.2) is 0 Å². The topological polar surface area (TPSA) is 61.5 Å². The van der Waals surface area contributed by atoms with E-state index in [9.17, 15) is 4.79 Å². The first-order valence-electron chi connectivity index (χ1n) is 5.91. The quantitative estimate of drug-likeness (QED) is 0.807. The molecule has 0 amide bonds. The zero-order valence-electron chi connectivity index (χ0n) is 9.94. The van der Waals surface area contributed by atoms with Crippen LogP contribution in [-0.4, -0.2) is 25.2 Å². The smallest absolute Gasteiger partial charge is 0.338 e. The van der Waals surface area contributed by atoms with Gasteiger partial charge in [-0.1, -0.05) is 0 Å². The van der Waals surface area contributed by atoms with Crippen molar-refractivity contribution < 1.29 is 14.3 Å². The van der Waals surface area contributed by atoms with Gasteiger partial charge < -0.3 is 15.2 Å². The third-order valence-electron chi connectivity index (χ3n) is 2.86. The summed E-state index contributed by atoms with van der Waals surface area (Å²) < 4.78 is 10.7. The molecule has 4 heteroatoms. The molecule has 0 radical (unpaired) electrons. The second-order valence-corrected chi connectivity index (χ2v) is 4.06. The highest BCUT2D eigenvalue weighted by molar-refractivity contribution is 5.89. The average Bonchev–Trinajstić information content (AvgIpc) is 2.37. The molecule has 0 fully saturated rings. The number of benzene rings is 1. The Morgan fingerprint density at radius 1 is 1.59 bits per heavy atom. The number of hydrogen-bond donors (Lipinski definition) is 1. The number of hydrogen-bond acceptors (Lipinski definition) is 4. The highest BCUT2D eigenvalue weighted by Crippen LogP contribution is 2.28. The predicted octanol–water partition coefficient (Wildman–Crippen LogP) is 1.52. The van der Waals surface area contributed by atoms with Gasteiger partial charge >= 0.3 is 5.97 Å². The van der Waals surface area contributed by atoms with Gasteiger partial charge in [0.2, 0.25) is 0 Å². The summed E-state index contributed by atoms with van der Waals surface area (Å²) in [4.78, 5) is 11.6. The molecule has 17 heavy (non-hydrogen) atoms. The lowest BCUT2D eigenvalue weighted by molar-refractivity contribution is 0.0526. The normalized spacial score (nSPS) is 18.1. The molecule has 0 bridgehead atoms. The second kappa shape index (κ2) is 5.19. The van der Waals surface area contributed by atoms with E-state index in [0.717, 1.165) is 24.2 Å². The van der Waals surface area contributed by atoms with Crippen molar-refractivity contribution in [3.8, 4) is 5.75 Å². The van der Waals surface area contributed by atoms with Crippen LogP contribution in [0.2, 0.25) is 0 Å². The third kappa shape index (κ3) is 2.58. The second-order valence-electron chi connectivity index (χ2n) is 4.06. The molecular formula is C13H17NO3. The van der Waals surface area contributed by atoms with Gasteiger partial charge in [-0.3, -0.25) is 0 Å². The standard InChI is InChI=1S/C13H17NO3/c1-2-16-13(15)10-4-6-12-9(7-10)3-5-11(8-14)17-12/h4,6-7,11H,2-3,5,8,14H2,1H3. The average molecular weight is 235 g/mol. The molecule has 1 aromatic carbocycles. The van der Waals surface area contributed by atoms with E-state index in [4.69, 9.17) is 15.2 Å². The van der Waals surface area contributed by atoms with Gasteiger partial charge in [0.25, 0.3) is 0 Å². The zero-order valence-corrected chi connectivity index (χ0v) is 9.94. The van der Waals surface area contributed by atoms with E-state index in [1.54, 1.807) is 13.0 Å². The van der Waals surface area contributed by atoms with Crippen molar-refractivity contribution in [2.24, 2.45) is 5.73 Å². The highest BCUT2D eigenvalue weighted by Gasteiger charge is 2.19. The van der Waals surface area contributed by atoms with Crippen molar-refractivity contribution in [3.05, 3.63) is 29.3 Å². The molecular weight excluding hydrogens is 218 g/mol. The molecule has 1 heterocycles. The summed E-state index contributed by atoms with van der Waals surface area (Å²) >= 11 is 0. The minimum Gasteiger partial charge on any atom is -0.489 e. The van der Waals surface area contributed by atoms with Crippen LogP contribution < -0.4 is 10.5 Å². The summed E-state index contributed by atoms with van der Waals surface area (Å²) in [6.45, 7) is 2.71. The number of fused-ring (bicyclic) bond motifs is 1. The van der Waals surface area contributed by atoms with E-state index in [1.165, 1.54) is 0 Å². The van der Waals surface area contributed by atoms with Gasteiger partial charge in [0.05, 0.1) is 12.2 Å². The molecule has 0 aliphatic carbocycles. The van der Waals surface area contributed by atoms with Crippen molar-refractivity contribution >= 4 is 5.97 Å². The molecule has 4 nitrogen and oxygen atoms in total. The Bertz CT molecular complexity index is 417. The largest absolute Gasteiger partial charge is 0.489 e. The summed E-state index contributed by atoms with van der Waals surface area (Å²) in [5, 5.41) is 0. The van der Waals surface area contributed by atoms with Gasteiger partial charge in [-0.15, -0.1) is 0 Å². The molecule has 1 atom stereocenters. The first kappa shape index (κ1) is 11.9. The van der Waals surface area contributed by atoms with E-state index >= 15 is 0 Å². The van der Waals surface area contributed by atoms with Crippen LogP contribution in [0.1, 0.15) is 29.3 Å². The monoisotopic (exact) mass is 235 g/mol. The fourth-order valence-corrected chi connectivity index (χ4v) is 1.95. The summed E-state index contributed by atoms with van der Waals surface area (Å²) in [6, 6.07) is 5.40. The highest BCUT2D eigenvalue weighted by atomic mass is 16.5. The van der Waals surface area contributed by atoms with E-state index in [2.05, 4.69) is 0 Å². The molecule has 1 aliphatic rings. The molecule has 1 unspecified atom stereocenters. The Morgan fingerprint density at radius 3 is 3.12 bits per heavy atom. The van der Waals surface area contributed by atoms with Crippen molar-refractivity contribution in [2.75, 3.05) is 13.2 Å². The van der Waals surface area contributed by atoms with Crippen LogP contribution in [0.25, 0.3) is 0 Å².